The van der Waals surface area contributed by atoms with Crippen molar-refractivity contribution in [3.63, 3.8) is 0 Å². The van der Waals surface area contributed by atoms with E-state index in [0.29, 0.717) is 22.9 Å². The normalized spacial score (nSPS) is 10.4. The van der Waals surface area contributed by atoms with E-state index in [1.807, 2.05) is 53.1 Å². The van der Waals surface area contributed by atoms with Crippen LogP contribution in [-0.4, -0.2) is 14.8 Å². The summed E-state index contributed by atoms with van der Waals surface area (Å²) in [6.45, 7) is 4.44. The molecule has 1 heterocycles. The molecule has 0 bridgehead atoms. The third-order valence-corrected chi connectivity index (χ3v) is 4.84. The van der Waals surface area contributed by atoms with Gasteiger partial charge in [0.15, 0.2) is 11.0 Å². The maximum atomic E-state index is 9.01. The van der Waals surface area contributed by atoms with E-state index in [1.54, 1.807) is 17.8 Å². The first-order valence-electron chi connectivity index (χ1n) is 7.63. The third kappa shape index (κ3) is 4.11. The monoisotopic (exact) mass is 366 g/mol. The third-order valence-electron chi connectivity index (χ3n) is 3.55. The topological polar surface area (TPSA) is 54.5 Å². The summed E-state index contributed by atoms with van der Waals surface area (Å²) in [4.78, 5) is 0. The molecule has 0 saturated heterocycles. The molecule has 0 saturated carbocycles. The SMILES string of the molecule is C=CCn1c(SCc2cccc(C#N)c2)nnc1-c1ccc(Cl)cc1. The molecular formula is C19H15ClN4S. The van der Waals surface area contributed by atoms with Crippen LogP contribution in [0, 0.1) is 11.3 Å². The average molecular weight is 367 g/mol. The molecule has 0 unspecified atom stereocenters. The predicted octanol–water partition coefficient (Wildman–Crippen LogP) is 4.95. The summed E-state index contributed by atoms with van der Waals surface area (Å²) >= 11 is 7.55. The van der Waals surface area contributed by atoms with Gasteiger partial charge in [-0.05, 0) is 42.0 Å². The molecule has 3 aromatic rings. The molecule has 6 heteroatoms. The summed E-state index contributed by atoms with van der Waals surface area (Å²) in [7, 11) is 0. The summed E-state index contributed by atoms with van der Waals surface area (Å²) in [5.41, 5.74) is 2.69. The van der Waals surface area contributed by atoms with Gasteiger partial charge in [-0.1, -0.05) is 41.6 Å². The average Bonchev–Trinajstić information content (AvgIpc) is 3.04. The molecule has 0 N–H and O–H groups in total. The van der Waals surface area contributed by atoms with Gasteiger partial charge in [-0.15, -0.1) is 16.8 Å². The van der Waals surface area contributed by atoms with Crippen molar-refractivity contribution >= 4 is 23.4 Å². The molecule has 2 aromatic carbocycles. The van der Waals surface area contributed by atoms with E-state index in [1.165, 1.54) is 0 Å². The van der Waals surface area contributed by atoms with Crippen LogP contribution in [0.4, 0.5) is 0 Å². The number of benzene rings is 2. The van der Waals surface area contributed by atoms with Crippen molar-refractivity contribution in [2.45, 2.75) is 17.5 Å². The van der Waals surface area contributed by atoms with Crippen LogP contribution >= 0.6 is 23.4 Å². The molecule has 25 heavy (non-hydrogen) atoms. The number of nitriles is 1. The van der Waals surface area contributed by atoms with Gasteiger partial charge in [-0.3, -0.25) is 4.57 Å². The molecule has 0 atom stereocenters. The zero-order valence-electron chi connectivity index (χ0n) is 13.4. The van der Waals surface area contributed by atoms with Crippen LogP contribution in [0.15, 0.2) is 66.3 Å². The Morgan fingerprint density at radius 3 is 2.72 bits per heavy atom. The molecule has 4 nitrogen and oxygen atoms in total. The van der Waals surface area contributed by atoms with E-state index in [4.69, 9.17) is 16.9 Å². The Bertz CT molecular complexity index is 925. The van der Waals surface area contributed by atoms with Gasteiger partial charge in [0.05, 0.1) is 11.6 Å². The Hall–Kier alpha value is -2.55. The highest BCUT2D eigenvalue weighted by Gasteiger charge is 2.13. The highest BCUT2D eigenvalue weighted by Crippen LogP contribution is 2.27. The van der Waals surface area contributed by atoms with Crippen molar-refractivity contribution in [1.82, 2.24) is 14.8 Å². The van der Waals surface area contributed by atoms with Crippen LogP contribution in [0.25, 0.3) is 11.4 Å². The lowest BCUT2D eigenvalue weighted by Gasteiger charge is -2.08. The van der Waals surface area contributed by atoms with Crippen molar-refractivity contribution < 1.29 is 0 Å². The fourth-order valence-electron chi connectivity index (χ4n) is 2.38. The number of allylic oxidation sites excluding steroid dienone is 1. The smallest absolute Gasteiger partial charge is 0.192 e. The van der Waals surface area contributed by atoms with Crippen molar-refractivity contribution in [3.8, 4) is 17.5 Å². The van der Waals surface area contributed by atoms with Crippen LogP contribution in [0.5, 0.6) is 0 Å². The summed E-state index contributed by atoms with van der Waals surface area (Å²) in [6.07, 6.45) is 1.82. The molecule has 3 rings (SSSR count). The van der Waals surface area contributed by atoms with Crippen molar-refractivity contribution in [3.05, 3.63) is 77.3 Å². The highest BCUT2D eigenvalue weighted by molar-refractivity contribution is 7.98. The minimum absolute atomic E-state index is 0.617. The number of rotatable bonds is 6. The zero-order valence-corrected chi connectivity index (χ0v) is 15.0. The lowest BCUT2D eigenvalue weighted by molar-refractivity contribution is 0.731. The van der Waals surface area contributed by atoms with Crippen LogP contribution in [0.2, 0.25) is 5.02 Å². The highest BCUT2D eigenvalue weighted by atomic mass is 35.5. The molecule has 1 aromatic heterocycles. The van der Waals surface area contributed by atoms with Crippen molar-refractivity contribution in [2.75, 3.05) is 0 Å². The van der Waals surface area contributed by atoms with Crippen LogP contribution in [0.1, 0.15) is 11.1 Å². The minimum atomic E-state index is 0.617. The van der Waals surface area contributed by atoms with Gasteiger partial charge in [-0.2, -0.15) is 5.26 Å². The molecule has 0 radical (unpaired) electrons. The molecule has 0 aliphatic heterocycles. The van der Waals surface area contributed by atoms with E-state index < -0.39 is 0 Å². The molecule has 0 aliphatic carbocycles. The second-order valence-electron chi connectivity index (χ2n) is 5.31. The van der Waals surface area contributed by atoms with Gasteiger partial charge in [-0.25, -0.2) is 0 Å². The van der Waals surface area contributed by atoms with E-state index in [-0.39, 0.29) is 0 Å². The molecular weight excluding hydrogens is 352 g/mol. The number of halogens is 1. The zero-order chi connectivity index (χ0) is 17.6. The quantitative estimate of drug-likeness (QED) is 0.457. The fraction of sp³-hybridized carbons (Fsp3) is 0.105. The maximum absolute atomic E-state index is 9.01. The standard InChI is InChI=1S/C19H15ClN4S/c1-2-10-24-18(16-6-8-17(20)9-7-16)22-23-19(24)25-13-15-5-3-4-14(11-15)12-21/h2-9,11H,1,10,13H2. The summed E-state index contributed by atoms with van der Waals surface area (Å²) < 4.78 is 2.02. The Morgan fingerprint density at radius 2 is 2.00 bits per heavy atom. The second-order valence-corrected chi connectivity index (χ2v) is 6.69. The van der Waals surface area contributed by atoms with Crippen molar-refractivity contribution in [1.29, 1.82) is 5.26 Å². The summed E-state index contributed by atoms with van der Waals surface area (Å²) in [6, 6.07) is 17.3. The van der Waals surface area contributed by atoms with E-state index in [9.17, 15) is 0 Å². The van der Waals surface area contributed by atoms with E-state index >= 15 is 0 Å². The maximum Gasteiger partial charge on any atom is 0.192 e. The first-order valence-corrected chi connectivity index (χ1v) is 8.99. The number of hydrogen-bond donors (Lipinski definition) is 0. The number of nitrogens with zero attached hydrogens (tertiary/aromatic N) is 4. The molecule has 124 valence electrons. The van der Waals surface area contributed by atoms with Gasteiger partial charge in [0.1, 0.15) is 0 Å². The lowest BCUT2D eigenvalue weighted by Crippen LogP contribution is -2.00. The van der Waals surface area contributed by atoms with Gasteiger partial charge in [0.25, 0.3) is 0 Å². The predicted molar refractivity (Wildman–Crippen MR) is 101 cm³/mol. The van der Waals surface area contributed by atoms with Crippen LogP contribution < -0.4 is 0 Å². The van der Waals surface area contributed by atoms with Crippen LogP contribution in [-0.2, 0) is 12.3 Å². The van der Waals surface area contributed by atoms with Gasteiger partial charge >= 0.3 is 0 Å². The number of aromatic nitrogens is 3. The van der Waals surface area contributed by atoms with Gasteiger partial charge < -0.3 is 0 Å². The van der Waals surface area contributed by atoms with Crippen LogP contribution in [0.3, 0.4) is 0 Å². The van der Waals surface area contributed by atoms with E-state index in [0.717, 1.165) is 22.1 Å². The summed E-state index contributed by atoms with van der Waals surface area (Å²) in [5, 5.41) is 19.2. The van der Waals surface area contributed by atoms with Gasteiger partial charge in [0.2, 0.25) is 0 Å². The molecule has 0 amide bonds. The second kappa shape index (κ2) is 8.02. The largest absolute Gasteiger partial charge is 0.298 e. The number of thioether (sulfide) groups is 1. The number of hydrogen-bond acceptors (Lipinski definition) is 4. The Kier molecular flexibility index (Phi) is 5.54. The Balaban J connectivity index is 1.85. The molecule has 0 fully saturated rings. The van der Waals surface area contributed by atoms with E-state index in [2.05, 4.69) is 22.8 Å². The first kappa shape index (κ1) is 17.3. The molecule has 0 aliphatic rings. The van der Waals surface area contributed by atoms with Gasteiger partial charge in [0, 0.05) is 22.9 Å². The minimum Gasteiger partial charge on any atom is -0.298 e. The lowest BCUT2D eigenvalue weighted by atomic mass is 10.2. The Morgan fingerprint density at radius 1 is 1.20 bits per heavy atom. The van der Waals surface area contributed by atoms with Crippen molar-refractivity contribution in [2.24, 2.45) is 0 Å². The Labute approximate surface area is 155 Å². The summed E-state index contributed by atoms with van der Waals surface area (Å²) in [5.74, 6) is 1.50. The fourth-order valence-corrected chi connectivity index (χ4v) is 3.40. The first-order chi connectivity index (χ1) is 12.2. The molecule has 0 spiro atoms.